The first-order valence-electron chi connectivity index (χ1n) is 18.6. The van der Waals surface area contributed by atoms with Gasteiger partial charge in [-0.15, -0.1) is 0 Å². The summed E-state index contributed by atoms with van der Waals surface area (Å²) in [5.74, 6) is 0. The van der Waals surface area contributed by atoms with E-state index in [1.54, 1.807) is 0 Å². The molecule has 0 spiro atoms. The Bertz CT molecular complexity index is 981. The van der Waals surface area contributed by atoms with Crippen LogP contribution in [0.25, 0.3) is 0 Å². The Labute approximate surface area is 286 Å². The van der Waals surface area contributed by atoms with Crippen molar-refractivity contribution >= 4 is 42.2 Å². The second-order valence-corrected chi connectivity index (χ2v) is 24.1. The standard InChI is InChI=1S/C42H64IP/c1-2-3-4-5-6-7-8-9-10-11-12-13-14-15-16-17-18-19-20-21-22-32-39-44(43,40-33-26-23-27-34-40,41-35-28-24-29-36-41)42-37-30-25-31-38-42/h23-31,33-38H,2-22,32,39H2,1H3. The molecule has 0 amide bonds. The molecule has 3 rings (SSSR count). The van der Waals surface area contributed by atoms with E-state index in [-0.39, 0.29) is 0 Å². The van der Waals surface area contributed by atoms with Crippen LogP contribution in [0.1, 0.15) is 148 Å². The van der Waals surface area contributed by atoms with Crippen LogP contribution in [0.2, 0.25) is 0 Å². The Hall–Kier alpha value is -1.18. The summed E-state index contributed by atoms with van der Waals surface area (Å²) >= 11 is 2.94. The van der Waals surface area contributed by atoms with Gasteiger partial charge < -0.3 is 0 Å². The summed E-state index contributed by atoms with van der Waals surface area (Å²) < 4.78 is -2.58. The maximum absolute atomic E-state index is 2.94. The molecule has 0 atom stereocenters. The van der Waals surface area contributed by atoms with Gasteiger partial charge in [0.1, 0.15) is 0 Å². The van der Waals surface area contributed by atoms with Gasteiger partial charge in [0.05, 0.1) is 0 Å². The van der Waals surface area contributed by atoms with Crippen LogP contribution < -0.4 is 15.9 Å². The van der Waals surface area contributed by atoms with Gasteiger partial charge in [-0.25, -0.2) is 0 Å². The quantitative estimate of drug-likeness (QED) is 0.0439. The molecule has 0 radical (unpaired) electrons. The zero-order valence-electron chi connectivity index (χ0n) is 28.2. The zero-order chi connectivity index (χ0) is 31.0. The van der Waals surface area contributed by atoms with E-state index in [0.29, 0.717) is 0 Å². The molecule has 0 bridgehead atoms. The third kappa shape index (κ3) is 12.2. The zero-order valence-corrected chi connectivity index (χ0v) is 31.3. The van der Waals surface area contributed by atoms with Crippen LogP contribution in [-0.4, -0.2) is 6.16 Å². The molecule has 0 saturated heterocycles. The van der Waals surface area contributed by atoms with E-state index in [0.717, 1.165) is 0 Å². The SMILES string of the molecule is CCCCCCCCCCCCCCCCCCCCCCCCP(I)(c1ccccc1)(c1ccccc1)c1ccccc1. The molecular weight excluding hydrogens is 662 g/mol. The van der Waals surface area contributed by atoms with Gasteiger partial charge in [-0.3, -0.25) is 0 Å². The molecular formula is C42H64IP. The predicted molar refractivity (Wildman–Crippen MR) is 211 cm³/mol. The van der Waals surface area contributed by atoms with E-state index < -0.39 is 4.25 Å². The van der Waals surface area contributed by atoms with Gasteiger partial charge in [-0.1, -0.05) is 77.6 Å². The topological polar surface area (TPSA) is 0 Å². The van der Waals surface area contributed by atoms with Gasteiger partial charge in [0.2, 0.25) is 0 Å². The van der Waals surface area contributed by atoms with Crippen LogP contribution in [0.15, 0.2) is 91.0 Å². The van der Waals surface area contributed by atoms with Gasteiger partial charge in [0.15, 0.2) is 0 Å². The number of halogens is 1. The van der Waals surface area contributed by atoms with E-state index in [1.807, 2.05) is 0 Å². The summed E-state index contributed by atoms with van der Waals surface area (Å²) in [6.07, 6.45) is 32.8. The first kappa shape index (κ1) is 37.3. The third-order valence-electron chi connectivity index (χ3n) is 9.82. The Morgan fingerprint density at radius 3 is 0.818 bits per heavy atom. The van der Waals surface area contributed by atoms with E-state index >= 15 is 0 Å². The van der Waals surface area contributed by atoms with Crippen LogP contribution >= 0.6 is 26.3 Å². The summed E-state index contributed by atoms with van der Waals surface area (Å²) in [7, 11) is 0. The van der Waals surface area contributed by atoms with Gasteiger partial charge in [0, 0.05) is 0 Å². The normalized spacial score (nSPS) is 12.6. The fourth-order valence-electron chi connectivity index (χ4n) is 7.07. The molecule has 0 saturated carbocycles. The van der Waals surface area contributed by atoms with E-state index in [2.05, 4.69) is 120 Å². The molecule has 0 nitrogen and oxygen atoms in total. The van der Waals surface area contributed by atoms with Crippen molar-refractivity contribution in [3.05, 3.63) is 91.0 Å². The minimum absolute atomic E-state index is 1.24. The molecule has 44 heavy (non-hydrogen) atoms. The minimum atomic E-state index is -2.58. The van der Waals surface area contributed by atoms with Crippen LogP contribution in [0, 0.1) is 0 Å². The summed E-state index contributed by atoms with van der Waals surface area (Å²) in [6, 6.07) is 34.3. The Balaban J connectivity index is 1.28. The molecule has 3 aromatic rings. The van der Waals surface area contributed by atoms with Crippen LogP contribution in [0.4, 0.5) is 0 Å². The fraction of sp³-hybridized carbons (Fsp3) is 0.571. The van der Waals surface area contributed by atoms with E-state index in [4.69, 9.17) is 0 Å². The van der Waals surface area contributed by atoms with E-state index in [9.17, 15) is 0 Å². The molecule has 0 aromatic heterocycles. The van der Waals surface area contributed by atoms with Crippen LogP contribution in [0.3, 0.4) is 0 Å². The summed E-state index contributed by atoms with van der Waals surface area (Å²) in [6.45, 7) is 2.31. The van der Waals surface area contributed by atoms with Crippen molar-refractivity contribution in [1.82, 2.24) is 0 Å². The summed E-state index contributed by atoms with van der Waals surface area (Å²) in [5, 5.41) is 4.54. The second-order valence-electron chi connectivity index (χ2n) is 13.3. The first-order valence-corrected chi connectivity index (χ1v) is 23.8. The number of hydrogen-bond acceptors (Lipinski definition) is 0. The average Bonchev–Trinajstić information content (AvgIpc) is 3.08. The van der Waals surface area contributed by atoms with Crippen molar-refractivity contribution < 1.29 is 0 Å². The Morgan fingerprint density at radius 2 is 0.568 bits per heavy atom. The molecule has 244 valence electrons. The maximum atomic E-state index is 2.94. The number of benzene rings is 3. The van der Waals surface area contributed by atoms with Crippen molar-refractivity contribution in [3.8, 4) is 0 Å². The molecule has 0 unspecified atom stereocenters. The first-order chi connectivity index (χ1) is 21.7. The Kier molecular flexibility index (Phi) is 18.9. The van der Waals surface area contributed by atoms with Gasteiger partial charge in [-0.05, 0) is 0 Å². The second kappa shape index (κ2) is 22.4. The molecule has 0 aliphatic rings. The van der Waals surface area contributed by atoms with Gasteiger partial charge in [0.25, 0.3) is 0 Å². The molecule has 3 aromatic carbocycles. The molecule has 0 fully saturated rings. The van der Waals surface area contributed by atoms with Crippen molar-refractivity contribution in [2.24, 2.45) is 0 Å². The monoisotopic (exact) mass is 726 g/mol. The molecule has 0 N–H and O–H groups in total. The summed E-state index contributed by atoms with van der Waals surface area (Å²) in [5.41, 5.74) is 0. The molecule has 2 heteroatoms. The number of rotatable bonds is 26. The average molecular weight is 727 g/mol. The number of unbranched alkanes of at least 4 members (excludes halogenated alkanes) is 21. The summed E-state index contributed by atoms with van der Waals surface area (Å²) in [4.78, 5) is 0. The van der Waals surface area contributed by atoms with Crippen LogP contribution in [-0.2, 0) is 0 Å². The molecule has 0 aliphatic heterocycles. The number of hydrogen-bond donors (Lipinski definition) is 0. The molecule has 0 heterocycles. The van der Waals surface area contributed by atoms with E-state index in [1.165, 1.54) is 163 Å². The van der Waals surface area contributed by atoms with Crippen LogP contribution in [0.5, 0.6) is 0 Å². The molecule has 0 aliphatic carbocycles. The third-order valence-corrected chi connectivity index (χ3v) is 21.6. The van der Waals surface area contributed by atoms with Crippen molar-refractivity contribution in [2.45, 2.75) is 148 Å². The fourth-order valence-corrected chi connectivity index (χ4v) is 15.9. The van der Waals surface area contributed by atoms with Gasteiger partial charge in [-0.2, -0.15) is 0 Å². The van der Waals surface area contributed by atoms with Crippen molar-refractivity contribution in [3.63, 3.8) is 0 Å². The van der Waals surface area contributed by atoms with Gasteiger partial charge >= 0.3 is 210 Å². The predicted octanol–water partition coefficient (Wildman–Crippen LogP) is 13.5. The van der Waals surface area contributed by atoms with Crippen molar-refractivity contribution in [1.29, 1.82) is 0 Å². The Morgan fingerprint density at radius 1 is 0.341 bits per heavy atom. The van der Waals surface area contributed by atoms with Crippen molar-refractivity contribution in [2.75, 3.05) is 6.16 Å².